The molecule has 1 heterocycles. The van der Waals surface area contributed by atoms with Crippen LogP contribution in [0.25, 0.3) is 0 Å². The van der Waals surface area contributed by atoms with Crippen LogP contribution >= 0.6 is 0 Å². The van der Waals surface area contributed by atoms with E-state index < -0.39 is 24.5 Å². The fourth-order valence-corrected chi connectivity index (χ4v) is 2.84. The number of benzene rings is 1. The van der Waals surface area contributed by atoms with Crippen molar-refractivity contribution < 1.29 is 31.1 Å². The minimum absolute atomic E-state index is 0.0902. The van der Waals surface area contributed by atoms with E-state index in [-0.39, 0.29) is 31.5 Å². The topological polar surface area (TPSA) is 48.9 Å². The number of hydrogen-bond donors (Lipinski definition) is 2. The van der Waals surface area contributed by atoms with Crippen molar-refractivity contribution in [2.45, 2.75) is 24.8 Å². The van der Waals surface area contributed by atoms with Gasteiger partial charge in [0.2, 0.25) is 0 Å². The summed E-state index contributed by atoms with van der Waals surface area (Å²) in [5.41, 5.74) is -0.792. The molecule has 1 aliphatic rings. The second-order valence-electron chi connectivity index (χ2n) is 6.35. The van der Waals surface area contributed by atoms with E-state index in [1.54, 1.807) is 0 Å². The van der Waals surface area contributed by atoms with Crippen LogP contribution < -0.4 is 15.4 Å². The third-order valence-electron chi connectivity index (χ3n) is 4.06. The lowest BCUT2D eigenvalue weighted by atomic mass is 10.2. The molecule has 0 spiro atoms. The van der Waals surface area contributed by atoms with Crippen LogP contribution in [0.5, 0.6) is 5.75 Å². The molecule has 28 heavy (non-hydrogen) atoms. The van der Waals surface area contributed by atoms with Gasteiger partial charge in [0.25, 0.3) is 0 Å². The van der Waals surface area contributed by atoms with Crippen molar-refractivity contribution >= 4 is 5.96 Å². The van der Waals surface area contributed by atoms with Gasteiger partial charge in [-0.3, -0.25) is 9.89 Å². The van der Waals surface area contributed by atoms with E-state index in [9.17, 15) is 26.3 Å². The summed E-state index contributed by atoms with van der Waals surface area (Å²) in [7, 11) is 1.52. The zero-order valence-electron chi connectivity index (χ0n) is 15.2. The zero-order valence-corrected chi connectivity index (χ0v) is 15.2. The molecule has 1 aromatic rings. The van der Waals surface area contributed by atoms with Gasteiger partial charge in [0, 0.05) is 26.2 Å². The first kappa shape index (κ1) is 22.1. The average molecular weight is 412 g/mol. The largest absolute Gasteiger partial charge is 0.492 e. The summed E-state index contributed by atoms with van der Waals surface area (Å²) >= 11 is 0. The Labute approximate surface area is 158 Å². The highest BCUT2D eigenvalue weighted by atomic mass is 19.4. The lowest BCUT2D eigenvalue weighted by Gasteiger charge is -2.20. The quantitative estimate of drug-likeness (QED) is 0.327. The van der Waals surface area contributed by atoms with Gasteiger partial charge in [0.1, 0.15) is 12.4 Å². The zero-order chi connectivity index (χ0) is 20.8. The Morgan fingerprint density at radius 1 is 1.25 bits per heavy atom. The smallest absolute Gasteiger partial charge is 0.416 e. The maximum absolute atomic E-state index is 12.7. The maximum atomic E-state index is 12.7. The van der Waals surface area contributed by atoms with Crippen LogP contribution in [0.3, 0.4) is 0 Å². The van der Waals surface area contributed by atoms with E-state index in [0.717, 1.165) is 12.1 Å². The van der Waals surface area contributed by atoms with Crippen molar-refractivity contribution in [1.29, 1.82) is 0 Å². The Hall–Kier alpha value is -2.17. The molecular formula is C17H22F6N4O. The fraction of sp³-hybridized carbons (Fsp3) is 0.588. The molecule has 0 amide bonds. The number of hydrogen-bond acceptors (Lipinski definition) is 3. The highest BCUT2D eigenvalue weighted by Crippen LogP contribution is 2.31. The Morgan fingerprint density at radius 2 is 2.00 bits per heavy atom. The van der Waals surface area contributed by atoms with Crippen LogP contribution in [0.4, 0.5) is 26.3 Å². The van der Waals surface area contributed by atoms with Gasteiger partial charge in [-0.15, -0.1) is 0 Å². The lowest BCUT2D eigenvalue weighted by Crippen LogP contribution is -2.46. The van der Waals surface area contributed by atoms with Gasteiger partial charge in [0.15, 0.2) is 5.96 Å². The monoisotopic (exact) mass is 412 g/mol. The number of aliphatic imine (C=N–C) groups is 1. The molecule has 11 heteroatoms. The highest BCUT2D eigenvalue weighted by molar-refractivity contribution is 5.80. The molecule has 0 saturated carbocycles. The van der Waals surface area contributed by atoms with Crippen molar-refractivity contribution in [3.63, 3.8) is 0 Å². The van der Waals surface area contributed by atoms with Gasteiger partial charge < -0.3 is 15.4 Å². The van der Waals surface area contributed by atoms with Gasteiger partial charge in [-0.05, 0) is 24.6 Å². The number of nitrogens with zero attached hydrogens (tertiary/aromatic N) is 2. The van der Waals surface area contributed by atoms with Gasteiger partial charge >= 0.3 is 12.4 Å². The first-order valence-corrected chi connectivity index (χ1v) is 8.63. The summed E-state index contributed by atoms with van der Waals surface area (Å²) in [5.74, 6) is 0.490. The van der Waals surface area contributed by atoms with Crippen molar-refractivity contribution in [3.8, 4) is 5.75 Å². The van der Waals surface area contributed by atoms with Crippen LogP contribution in [0.15, 0.2) is 29.3 Å². The minimum Gasteiger partial charge on any atom is -0.492 e. The molecule has 1 saturated heterocycles. The maximum Gasteiger partial charge on any atom is 0.416 e. The van der Waals surface area contributed by atoms with Crippen LogP contribution in [-0.2, 0) is 6.18 Å². The van der Waals surface area contributed by atoms with Crippen LogP contribution in [0, 0.1) is 0 Å². The molecule has 1 unspecified atom stereocenters. The normalized spacial score (nSPS) is 19.0. The Kier molecular flexibility index (Phi) is 7.39. The third kappa shape index (κ3) is 7.45. The number of likely N-dealkylation sites (tertiary alicyclic amines) is 1. The number of alkyl halides is 6. The van der Waals surface area contributed by atoms with E-state index in [2.05, 4.69) is 15.6 Å². The van der Waals surface area contributed by atoms with Gasteiger partial charge in [-0.25, -0.2) is 0 Å². The van der Waals surface area contributed by atoms with E-state index in [1.807, 2.05) is 0 Å². The van der Waals surface area contributed by atoms with Crippen molar-refractivity contribution in [3.05, 3.63) is 29.8 Å². The lowest BCUT2D eigenvalue weighted by molar-refractivity contribution is -0.143. The van der Waals surface area contributed by atoms with Gasteiger partial charge in [-0.1, -0.05) is 6.07 Å². The number of rotatable bonds is 6. The number of nitrogens with one attached hydrogen (secondary N) is 2. The van der Waals surface area contributed by atoms with Gasteiger partial charge in [-0.2, -0.15) is 26.3 Å². The number of halogens is 6. The van der Waals surface area contributed by atoms with Gasteiger partial charge in [0.05, 0.1) is 18.7 Å². The minimum atomic E-state index is -4.44. The third-order valence-corrected chi connectivity index (χ3v) is 4.06. The standard InChI is InChI=1S/C17H22F6N4O/c1-24-15(26-13-5-7-27(10-13)11-16(18,19)20)25-6-8-28-14-4-2-3-12(9-14)17(21,22)23/h2-4,9,13H,5-8,10-11H2,1H3,(H2,24,25,26). The predicted octanol–water partition coefficient (Wildman–Crippen LogP) is 2.89. The Morgan fingerprint density at radius 3 is 2.64 bits per heavy atom. The summed E-state index contributed by atoms with van der Waals surface area (Å²) in [4.78, 5) is 5.31. The van der Waals surface area contributed by atoms with Crippen molar-refractivity contribution in [2.24, 2.45) is 4.99 Å². The summed E-state index contributed by atoms with van der Waals surface area (Å²) in [6.07, 6.45) is -8.11. The molecule has 2 N–H and O–H groups in total. The number of guanidine groups is 1. The van der Waals surface area contributed by atoms with Crippen LogP contribution in [-0.4, -0.2) is 62.9 Å². The molecule has 0 aromatic heterocycles. The molecule has 0 aliphatic carbocycles. The molecular weight excluding hydrogens is 390 g/mol. The molecule has 0 radical (unpaired) electrons. The van der Waals surface area contributed by atoms with Crippen molar-refractivity contribution in [2.75, 3.05) is 39.8 Å². The van der Waals surface area contributed by atoms with E-state index in [4.69, 9.17) is 4.74 Å². The Balaban J connectivity index is 1.72. The fourth-order valence-electron chi connectivity index (χ4n) is 2.84. The average Bonchev–Trinajstić information content (AvgIpc) is 3.02. The molecule has 1 fully saturated rings. The molecule has 1 aliphatic heterocycles. The van der Waals surface area contributed by atoms with Crippen molar-refractivity contribution in [1.82, 2.24) is 15.5 Å². The highest BCUT2D eigenvalue weighted by Gasteiger charge is 2.34. The summed E-state index contributed by atoms with van der Waals surface area (Å²) in [5, 5.41) is 5.96. The molecule has 1 atom stereocenters. The van der Waals surface area contributed by atoms with E-state index in [0.29, 0.717) is 18.9 Å². The first-order valence-electron chi connectivity index (χ1n) is 8.63. The number of ether oxygens (including phenoxy) is 1. The summed E-state index contributed by atoms with van der Waals surface area (Å²) in [6.45, 7) is -0.00239. The molecule has 1 aromatic carbocycles. The predicted molar refractivity (Wildman–Crippen MR) is 92.3 cm³/mol. The van der Waals surface area contributed by atoms with Crippen LogP contribution in [0.2, 0.25) is 0 Å². The summed E-state index contributed by atoms with van der Waals surface area (Å²) < 4.78 is 80.6. The second kappa shape index (κ2) is 9.35. The second-order valence-corrected chi connectivity index (χ2v) is 6.35. The van der Waals surface area contributed by atoms with Crippen LogP contribution in [0.1, 0.15) is 12.0 Å². The molecule has 158 valence electrons. The first-order chi connectivity index (χ1) is 13.1. The molecule has 5 nitrogen and oxygen atoms in total. The SMILES string of the molecule is CN=C(NCCOc1cccc(C(F)(F)F)c1)NC1CCN(CC(F)(F)F)C1. The molecule has 2 rings (SSSR count). The summed E-state index contributed by atoms with van der Waals surface area (Å²) in [6, 6.07) is 4.40. The van der Waals surface area contributed by atoms with E-state index >= 15 is 0 Å². The van der Waals surface area contributed by atoms with E-state index in [1.165, 1.54) is 24.1 Å². The molecule has 0 bridgehead atoms. The Bertz CT molecular complexity index is 662.